The van der Waals surface area contributed by atoms with Crippen molar-refractivity contribution in [3.8, 4) is 0 Å². The van der Waals surface area contributed by atoms with E-state index in [-0.39, 0.29) is 18.9 Å². The molecule has 0 N–H and O–H groups in total. The number of nitrogens with zero attached hydrogens (tertiary/aromatic N) is 1. The molecule has 0 saturated carbocycles. The van der Waals surface area contributed by atoms with E-state index in [4.69, 9.17) is 0 Å². The standard InChI is InChI=1S/C15H17NOP.Li/c1-16(2)13-18(17,14-9-5-3-6-10-14)15-11-7-4-8-12-15;/h3-13H,1-2H3;/q-1;+1. The van der Waals surface area contributed by atoms with Crippen molar-refractivity contribution < 1.29 is 23.4 Å². The van der Waals surface area contributed by atoms with Gasteiger partial charge in [-0.2, -0.15) is 6.29 Å². The summed E-state index contributed by atoms with van der Waals surface area (Å²) < 4.78 is 13.3. The number of benzene rings is 2. The Balaban J connectivity index is 0.00000180. The summed E-state index contributed by atoms with van der Waals surface area (Å²) in [6, 6.07) is 19.3. The van der Waals surface area contributed by atoms with E-state index >= 15 is 0 Å². The van der Waals surface area contributed by atoms with E-state index in [1.165, 1.54) is 0 Å². The predicted octanol–water partition coefficient (Wildman–Crippen LogP) is -0.315. The molecule has 0 spiro atoms. The van der Waals surface area contributed by atoms with Gasteiger partial charge in [-0.3, -0.25) is 0 Å². The fourth-order valence-electron chi connectivity index (χ4n) is 1.91. The molecule has 0 atom stereocenters. The van der Waals surface area contributed by atoms with E-state index in [2.05, 4.69) is 0 Å². The van der Waals surface area contributed by atoms with Crippen LogP contribution in [0.15, 0.2) is 60.7 Å². The first-order chi connectivity index (χ1) is 8.63. The van der Waals surface area contributed by atoms with Crippen LogP contribution in [0.5, 0.6) is 0 Å². The molecule has 0 aliphatic carbocycles. The van der Waals surface area contributed by atoms with Crippen molar-refractivity contribution >= 4 is 17.8 Å². The van der Waals surface area contributed by atoms with Crippen LogP contribution in [0.4, 0.5) is 0 Å². The quantitative estimate of drug-likeness (QED) is 0.429. The maximum Gasteiger partial charge on any atom is 1.00 e. The molecule has 0 aliphatic rings. The maximum atomic E-state index is 13.3. The minimum atomic E-state index is -2.68. The zero-order valence-electron chi connectivity index (χ0n) is 11.7. The minimum Gasteiger partial charge on any atom is -0.454 e. The van der Waals surface area contributed by atoms with E-state index in [0.29, 0.717) is 0 Å². The normalized spacial score (nSPS) is 11.1. The second kappa shape index (κ2) is 7.13. The summed E-state index contributed by atoms with van der Waals surface area (Å²) in [4.78, 5) is 1.86. The fourth-order valence-corrected chi connectivity index (χ4v) is 4.35. The molecule has 2 aromatic rings. The van der Waals surface area contributed by atoms with Gasteiger partial charge in [0.1, 0.15) is 0 Å². The topological polar surface area (TPSA) is 20.3 Å². The van der Waals surface area contributed by atoms with Gasteiger partial charge in [-0.25, -0.2) is 0 Å². The summed E-state index contributed by atoms with van der Waals surface area (Å²) in [5.74, 6) is 0. The fraction of sp³-hybridized carbons (Fsp3) is 0.133. The van der Waals surface area contributed by atoms with Crippen molar-refractivity contribution in [3.63, 3.8) is 0 Å². The van der Waals surface area contributed by atoms with Crippen molar-refractivity contribution in [2.75, 3.05) is 14.1 Å². The molecule has 0 saturated heterocycles. The Morgan fingerprint density at radius 2 is 1.21 bits per heavy atom. The zero-order chi connectivity index (χ0) is 13.0. The molecule has 2 aromatic carbocycles. The number of hydrogen-bond donors (Lipinski definition) is 0. The van der Waals surface area contributed by atoms with E-state index in [1.54, 1.807) is 0 Å². The molecule has 94 valence electrons. The summed E-state index contributed by atoms with van der Waals surface area (Å²) in [5, 5.41) is 1.73. The van der Waals surface area contributed by atoms with Gasteiger partial charge in [-0.1, -0.05) is 60.7 Å². The van der Waals surface area contributed by atoms with Gasteiger partial charge in [-0.15, -0.1) is 0 Å². The van der Waals surface area contributed by atoms with Gasteiger partial charge < -0.3 is 9.46 Å². The molecule has 2 nitrogen and oxygen atoms in total. The monoisotopic (exact) mass is 265 g/mol. The second-order valence-corrected chi connectivity index (χ2v) is 6.99. The maximum absolute atomic E-state index is 13.3. The number of rotatable bonds is 4. The van der Waals surface area contributed by atoms with Gasteiger partial charge in [-0.05, 0) is 24.7 Å². The van der Waals surface area contributed by atoms with Gasteiger partial charge in [0.15, 0.2) is 0 Å². The van der Waals surface area contributed by atoms with Crippen LogP contribution >= 0.6 is 7.14 Å². The Labute approximate surface area is 127 Å². The van der Waals surface area contributed by atoms with Crippen molar-refractivity contribution in [1.82, 2.24) is 4.90 Å². The summed E-state index contributed by atoms with van der Waals surface area (Å²) in [7, 11) is 1.12. The smallest absolute Gasteiger partial charge is 0.454 e. The summed E-state index contributed by atoms with van der Waals surface area (Å²) >= 11 is 0. The van der Waals surface area contributed by atoms with Crippen molar-refractivity contribution in [2.45, 2.75) is 0 Å². The summed E-state index contributed by atoms with van der Waals surface area (Å²) in [5.41, 5.74) is 0. The van der Waals surface area contributed by atoms with E-state index in [1.807, 2.05) is 85.9 Å². The van der Waals surface area contributed by atoms with Crippen molar-refractivity contribution in [2.24, 2.45) is 0 Å². The Morgan fingerprint density at radius 3 is 1.53 bits per heavy atom. The Morgan fingerprint density at radius 1 is 0.842 bits per heavy atom. The SMILES string of the molecule is CN(C)[CH-]P(=O)(c1ccccc1)c1ccccc1.[Li+]. The van der Waals surface area contributed by atoms with Crippen LogP contribution < -0.4 is 29.5 Å². The van der Waals surface area contributed by atoms with Gasteiger partial charge in [0, 0.05) is 7.14 Å². The summed E-state index contributed by atoms with van der Waals surface area (Å²) in [6.45, 7) is 0. The third kappa shape index (κ3) is 3.85. The molecule has 0 heterocycles. The first-order valence-electron chi connectivity index (χ1n) is 5.86. The van der Waals surface area contributed by atoms with Crippen LogP contribution in [0, 0.1) is 6.29 Å². The zero-order valence-corrected chi connectivity index (χ0v) is 12.5. The van der Waals surface area contributed by atoms with Gasteiger partial charge >= 0.3 is 18.9 Å². The van der Waals surface area contributed by atoms with E-state index in [9.17, 15) is 4.57 Å². The van der Waals surface area contributed by atoms with E-state index < -0.39 is 7.14 Å². The molecule has 0 radical (unpaired) electrons. The van der Waals surface area contributed by atoms with Gasteiger partial charge in [0.05, 0.1) is 0 Å². The van der Waals surface area contributed by atoms with Gasteiger partial charge in [0.2, 0.25) is 0 Å². The first-order valence-corrected chi connectivity index (χ1v) is 7.64. The molecular weight excluding hydrogens is 248 g/mol. The predicted molar refractivity (Wildman–Crippen MR) is 77.7 cm³/mol. The molecule has 0 fully saturated rings. The molecule has 4 heteroatoms. The molecule has 0 unspecified atom stereocenters. The van der Waals surface area contributed by atoms with Crippen molar-refractivity contribution in [3.05, 3.63) is 66.9 Å². The molecule has 19 heavy (non-hydrogen) atoms. The molecule has 2 rings (SSSR count). The third-order valence-corrected chi connectivity index (χ3v) is 5.59. The molecule has 0 aliphatic heterocycles. The second-order valence-electron chi connectivity index (χ2n) is 4.41. The van der Waals surface area contributed by atoms with Gasteiger partial charge in [0.25, 0.3) is 0 Å². The molecule has 0 aromatic heterocycles. The Hall–Kier alpha value is -0.773. The average molecular weight is 265 g/mol. The van der Waals surface area contributed by atoms with Crippen LogP contribution in [-0.4, -0.2) is 19.0 Å². The Kier molecular flexibility index (Phi) is 6.11. The largest absolute Gasteiger partial charge is 1.00 e. The van der Waals surface area contributed by atoms with Crippen LogP contribution in [0.3, 0.4) is 0 Å². The Bertz CT molecular complexity index is 499. The number of hydrogen-bond acceptors (Lipinski definition) is 2. The molecular formula is C15H17LiNOP. The third-order valence-electron chi connectivity index (χ3n) is 2.67. The van der Waals surface area contributed by atoms with Crippen LogP contribution in [0.2, 0.25) is 0 Å². The minimum absolute atomic E-state index is 0. The van der Waals surface area contributed by atoms with E-state index in [0.717, 1.165) is 10.6 Å². The average Bonchev–Trinajstić information content (AvgIpc) is 2.40. The molecule has 0 bridgehead atoms. The summed E-state index contributed by atoms with van der Waals surface area (Å²) in [6.07, 6.45) is 1.82. The van der Waals surface area contributed by atoms with Crippen LogP contribution in [0.1, 0.15) is 0 Å². The van der Waals surface area contributed by atoms with Crippen LogP contribution in [0.25, 0.3) is 0 Å². The van der Waals surface area contributed by atoms with Crippen LogP contribution in [-0.2, 0) is 4.57 Å². The first kappa shape index (κ1) is 16.3. The molecule has 0 amide bonds. The van der Waals surface area contributed by atoms with Crippen molar-refractivity contribution in [1.29, 1.82) is 0 Å².